The van der Waals surface area contributed by atoms with Gasteiger partial charge >= 0.3 is 0 Å². The zero-order valence-corrected chi connectivity index (χ0v) is 6.72. The van der Waals surface area contributed by atoms with E-state index >= 15 is 0 Å². The average Bonchev–Trinajstić information content (AvgIpc) is 2.44. The highest BCUT2D eigenvalue weighted by molar-refractivity contribution is 4.93. The van der Waals surface area contributed by atoms with Crippen LogP contribution in [0.2, 0.25) is 0 Å². The summed E-state index contributed by atoms with van der Waals surface area (Å²) in [4.78, 5) is 0. The fourth-order valence-corrected chi connectivity index (χ4v) is 3.14. The van der Waals surface area contributed by atoms with Gasteiger partial charge in [0.2, 0.25) is 0 Å². The van der Waals surface area contributed by atoms with Crippen molar-refractivity contribution < 1.29 is 0 Å². The maximum atomic E-state index is 5.68. The lowest BCUT2D eigenvalue weighted by atomic mass is 9.82. The minimum atomic E-state index is 0.883. The fraction of sp³-hybridized carbons (Fsp3) is 1.00. The second-order valence-electron chi connectivity index (χ2n) is 4.21. The van der Waals surface area contributed by atoms with E-state index in [1.54, 1.807) is 0 Å². The smallest absolute Gasteiger partial charge is 0.00460 e. The normalized spacial score (nSPS) is 52.2. The van der Waals surface area contributed by atoms with Gasteiger partial charge in [-0.2, -0.15) is 0 Å². The molecule has 1 unspecified atom stereocenters. The van der Waals surface area contributed by atoms with Crippen LogP contribution in [0.1, 0.15) is 26.2 Å². The number of hydrogen-bond acceptors (Lipinski definition) is 1. The van der Waals surface area contributed by atoms with Crippen LogP contribution in [0.5, 0.6) is 0 Å². The molecule has 58 valence electrons. The molecular weight excluding hydrogens is 122 g/mol. The summed E-state index contributed by atoms with van der Waals surface area (Å²) in [5, 5.41) is 0. The topological polar surface area (TPSA) is 26.0 Å². The molecule has 0 aromatic rings. The molecule has 1 heteroatoms. The van der Waals surface area contributed by atoms with Crippen LogP contribution in [0, 0.1) is 23.7 Å². The predicted octanol–water partition coefficient (Wildman–Crippen LogP) is 1.63. The van der Waals surface area contributed by atoms with Gasteiger partial charge in [0.25, 0.3) is 0 Å². The molecule has 0 spiro atoms. The summed E-state index contributed by atoms with van der Waals surface area (Å²) < 4.78 is 0. The van der Waals surface area contributed by atoms with Gasteiger partial charge in [0.15, 0.2) is 0 Å². The van der Waals surface area contributed by atoms with Crippen LogP contribution >= 0.6 is 0 Å². The number of hydrogen-bond donors (Lipinski definition) is 1. The molecule has 0 heterocycles. The molecular formula is C9H17N. The third kappa shape index (κ3) is 0.800. The number of fused-ring (bicyclic) bond motifs is 2. The molecule has 2 bridgehead atoms. The summed E-state index contributed by atoms with van der Waals surface area (Å²) in [6.07, 6.45) is 4.41. The van der Waals surface area contributed by atoms with E-state index in [0.717, 1.165) is 30.2 Å². The van der Waals surface area contributed by atoms with E-state index in [2.05, 4.69) is 6.92 Å². The SMILES string of the molecule is C[C@H]1CC2C[C@@H](CN)[C@H]1C2. The lowest BCUT2D eigenvalue weighted by molar-refractivity contribution is 0.260. The van der Waals surface area contributed by atoms with Crippen LogP contribution in [0.3, 0.4) is 0 Å². The highest BCUT2D eigenvalue weighted by Crippen LogP contribution is 2.51. The third-order valence-corrected chi connectivity index (χ3v) is 3.59. The van der Waals surface area contributed by atoms with Crippen LogP contribution in [-0.2, 0) is 0 Å². The molecule has 0 aliphatic heterocycles. The van der Waals surface area contributed by atoms with Gasteiger partial charge in [0.1, 0.15) is 0 Å². The first-order chi connectivity index (χ1) is 4.81. The second kappa shape index (κ2) is 2.23. The Labute approximate surface area is 63.0 Å². The van der Waals surface area contributed by atoms with Crippen LogP contribution in [-0.4, -0.2) is 6.54 Å². The lowest BCUT2D eigenvalue weighted by Gasteiger charge is -2.25. The molecule has 2 aliphatic rings. The van der Waals surface area contributed by atoms with E-state index < -0.39 is 0 Å². The van der Waals surface area contributed by atoms with Gasteiger partial charge in [-0.15, -0.1) is 0 Å². The van der Waals surface area contributed by atoms with Crippen LogP contribution in [0.15, 0.2) is 0 Å². The van der Waals surface area contributed by atoms with Crippen LogP contribution in [0.4, 0.5) is 0 Å². The van der Waals surface area contributed by atoms with Gasteiger partial charge in [-0.1, -0.05) is 6.92 Å². The summed E-state index contributed by atoms with van der Waals surface area (Å²) >= 11 is 0. The van der Waals surface area contributed by atoms with Gasteiger partial charge in [0, 0.05) is 0 Å². The molecule has 10 heavy (non-hydrogen) atoms. The van der Waals surface area contributed by atoms with E-state index in [1.165, 1.54) is 19.3 Å². The Bertz CT molecular complexity index is 131. The van der Waals surface area contributed by atoms with Gasteiger partial charge < -0.3 is 5.73 Å². The molecule has 2 fully saturated rings. The van der Waals surface area contributed by atoms with E-state index in [0.29, 0.717) is 0 Å². The van der Waals surface area contributed by atoms with E-state index in [9.17, 15) is 0 Å². The number of rotatable bonds is 1. The Balaban J connectivity index is 2.06. The highest BCUT2D eigenvalue weighted by atomic mass is 14.6. The Morgan fingerprint density at radius 2 is 2.10 bits per heavy atom. The first kappa shape index (κ1) is 6.66. The van der Waals surface area contributed by atoms with Crippen molar-refractivity contribution in [2.75, 3.05) is 6.54 Å². The molecule has 0 radical (unpaired) electrons. The van der Waals surface area contributed by atoms with E-state index in [1.807, 2.05) is 0 Å². The van der Waals surface area contributed by atoms with Gasteiger partial charge in [-0.25, -0.2) is 0 Å². The van der Waals surface area contributed by atoms with Gasteiger partial charge in [0.05, 0.1) is 0 Å². The van der Waals surface area contributed by atoms with Crippen molar-refractivity contribution in [1.29, 1.82) is 0 Å². The Hall–Kier alpha value is -0.0400. The summed E-state index contributed by atoms with van der Waals surface area (Å²) in [6.45, 7) is 3.33. The largest absolute Gasteiger partial charge is 0.330 e. The molecule has 0 saturated heterocycles. The van der Waals surface area contributed by atoms with E-state index in [4.69, 9.17) is 5.73 Å². The lowest BCUT2D eigenvalue weighted by Crippen LogP contribution is -2.24. The van der Waals surface area contributed by atoms with Crippen molar-refractivity contribution in [3.8, 4) is 0 Å². The van der Waals surface area contributed by atoms with Crippen molar-refractivity contribution >= 4 is 0 Å². The monoisotopic (exact) mass is 139 g/mol. The maximum Gasteiger partial charge on any atom is -0.00460 e. The summed E-state index contributed by atoms with van der Waals surface area (Å²) in [5.41, 5.74) is 5.68. The molecule has 0 aromatic heterocycles. The number of nitrogens with two attached hydrogens (primary N) is 1. The minimum Gasteiger partial charge on any atom is -0.330 e. The van der Waals surface area contributed by atoms with E-state index in [-0.39, 0.29) is 0 Å². The molecule has 1 nitrogen and oxygen atoms in total. The molecule has 0 amide bonds. The minimum absolute atomic E-state index is 0.883. The van der Waals surface area contributed by atoms with Crippen molar-refractivity contribution in [3.63, 3.8) is 0 Å². The van der Waals surface area contributed by atoms with Crippen molar-refractivity contribution in [2.45, 2.75) is 26.2 Å². The second-order valence-corrected chi connectivity index (χ2v) is 4.21. The van der Waals surface area contributed by atoms with Crippen molar-refractivity contribution in [1.82, 2.24) is 0 Å². The standard InChI is InChI=1S/C9H17N/c1-6-2-7-3-8(5-10)9(6)4-7/h6-9H,2-5,10H2,1H3/t6-,7?,8-,9-/m0/s1. The first-order valence-corrected chi connectivity index (χ1v) is 4.51. The van der Waals surface area contributed by atoms with Crippen LogP contribution < -0.4 is 5.73 Å². The molecule has 2 aliphatic carbocycles. The quantitative estimate of drug-likeness (QED) is 0.587. The summed E-state index contributed by atoms with van der Waals surface area (Å²) in [7, 11) is 0. The molecule has 2 N–H and O–H groups in total. The molecule has 4 atom stereocenters. The molecule has 2 rings (SSSR count). The van der Waals surface area contributed by atoms with Crippen molar-refractivity contribution in [2.24, 2.45) is 29.4 Å². The Morgan fingerprint density at radius 3 is 2.50 bits per heavy atom. The summed E-state index contributed by atoms with van der Waals surface area (Å²) in [6, 6.07) is 0. The zero-order valence-electron chi connectivity index (χ0n) is 6.72. The van der Waals surface area contributed by atoms with Gasteiger partial charge in [-0.05, 0) is 49.5 Å². The average molecular weight is 139 g/mol. The third-order valence-electron chi connectivity index (χ3n) is 3.59. The Morgan fingerprint density at radius 1 is 1.30 bits per heavy atom. The first-order valence-electron chi connectivity index (χ1n) is 4.51. The molecule has 0 aromatic carbocycles. The van der Waals surface area contributed by atoms with Crippen molar-refractivity contribution in [3.05, 3.63) is 0 Å². The van der Waals surface area contributed by atoms with Crippen LogP contribution in [0.25, 0.3) is 0 Å². The maximum absolute atomic E-state index is 5.68. The summed E-state index contributed by atoms with van der Waals surface area (Å²) in [5.74, 6) is 3.91. The highest BCUT2D eigenvalue weighted by Gasteiger charge is 2.42. The fourth-order valence-electron chi connectivity index (χ4n) is 3.14. The molecule has 2 saturated carbocycles. The Kier molecular flexibility index (Phi) is 1.48. The van der Waals surface area contributed by atoms with Gasteiger partial charge in [-0.3, -0.25) is 0 Å². The zero-order chi connectivity index (χ0) is 7.14. The predicted molar refractivity (Wildman–Crippen MR) is 42.5 cm³/mol.